The Labute approximate surface area is 116 Å². The monoisotopic (exact) mass is 259 g/mol. The number of benzene rings is 1. The van der Waals surface area contributed by atoms with E-state index in [1.165, 1.54) is 48.8 Å². The van der Waals surface area contributed by atoms with E-state index in [2.05, 4.69) is 31.3 Å². The molecule has 1 aromatic carbocycles. The van der Waals surface area contributed by atoms with Gasteiger partial charge in [0.25, 0.3) is 0 Å². The lowest BCUT2D eigenvalue weighted by atomic mass is 9.93. The van der Waals surface area contributed by atoms with Gasteiger partial charge in [0.15, 0.2) is 0 Å². The van der Waals surface area contributed by atoms with Crippen LogP contribution < -0.4 is 10.1 Å². The van der Waals surface area contributed by atoms with Gasteiger partial charge in [-0.15, -0.1) is 0 Å². The molecule has 19 heavy (non-hydrogen) atoms. The molecule has 1 aliphatic heterocycles. The summed E-state index contributed by atoms with van der Waals surface area (Å²) in [6.07, 6.45) is 6.57. The summed E-state index contributed by atoms with van der Waals surface area (Å²) in [7, 11) is 0. The minimum Gasteiger partial charge on any atom is -0.493 e. The van der Waals surface area contributed by atoms with Crippen LogP contribution in [0.2, 0.25) is 0 Å². The molecule has 1 aromatic rings. The number of ether oxygens (including phenoxy) is 1. The molecule has 1 aliphatic carbocycles. The summed E-state index contributed by atoms with van der Waals surface area (Å²) in [5.41, 5.74) is 4.04. The van der Waals surface area contributed by atoms with Gasteiger partial charge < -0.3 is 10.1 Å². The van der Waals surface area contributed by atoms with Crippen LogP contribution in [0.4, 0.5) is 0 Å². The van der Waals surface area contributed by atoms with Crippen LogP contribution in [0.3, 0.4) is 0 Å². The molecule has 2 aliphatic rings. The smallest absolute Gasteiger partial charge is 0.127 e. The average molecular weight is 259 g/mol. The average Bonchev–Trinajstić information content (AvgIpc) is 3.25. The van der Waals surface area contributed by atoms with E-state index in [0.29, 0.717) is 6.04 Å². The molecule has 2 fully saturated rings. The predicted molar refractivity (Wildman–Crippen MR) is 78.7 cm³/mol. The zero-order valence-electron chi connectivity index (χ0n) is 12.2. The van der Waals surface area contributed by atoms with Crippen molar-refractivity contribution in [3.63, 3.8) is 0 Å². The van der Waals surface area contributed by atoms with E-state index in [1.807, 2.05) is 0 Å². The van der Waals surface area contributed by atoms with Gasteiger partial charge in [-0.3, -0.25) is 0 Å². The molecule has 1 heterocycles. The summed E-state index contributed by atoms with van der Waals surface area (Å²) in [5.74, 6) is 1.97. The zero-order chi connectivity index (χ0) is 13.2. The van der Waals surface area contributed by atoms with Gasteiger partial charge >= 0.3 is 0 Å². The van der Waals surface area contributed by atoms with Crippen molar-refractivity contribution in [2.45, 2.75) is 52.0 Å². The van der Waals surface area contributed by atoms with E-state index >= 15 is 0 Å². The van der Waals surface area contributed by atoms with E-state index in [-0.39, 0.29) is 0 Å². The number of nitrogens with one attached hydrogen (secondary N) is 1. The molecule has 3 rings (SSSR count). The van der Waals surface area contributed by atoms with Crippen LogP contribution >= 0.6 is 0 Å². The molecule has 2 heteroatoms. The van der Waals surface area contributed by atoms with Gasteiger partial charge in [0, 0.05) is 11.6 Å². The summed E-state index contributed by atoms with van der Waals surface area (Å²) in [6.45, 7) is 6.42. The highest BCUT2D eigenvalue weighted by Gasteiger charge is 2.25. The van der Waals surface area contributed by atoms with Crippen molar-refractivity contribution in [2.24, 2.45) is 5.92 Å². The molecule has 1 unspecified atom stereocenters. The minimum atomic E-state index is 0.488. The molecular formula is C17H25NO. The first-order chi connectivity index (χ1) is 9.25. The number of hydrogen-bond donors (Lipinski definition) is 1. The van der Waals surface area contributed by atoms with Crippen molar-refractivity contribution < 1.29 is 4.74 Å². The first-order valence-corrected chi connectivity index (χ1v) is 7.72. The van der Waals surface area contributed by atoms with Gasteiger partial charge in [-0.1, -0.05) is 18.6 Å². The molecule has 0 aromatic heterocycles. The SMILES string of the molecule is Cc1ccc(C2CCCCN2)c(OCC2CC2)c1C. The Kier molecular flexibility index (Phi) is 3.79. The molecule has 0 bridgehead atoms. The molecule has 1 saturated heterocycles. The lowest BCUT2D eigenvalue weighted by molar-refractivity contribution is 0.287. The molecule has 1 saturated carbocycles. The third-order valence-corrected chi connectivity index (χ3v) is 4.55. The zero-order valence-corrected chi connectivity index (χ0v) is 12.2. The van der Waals surface area contributed by atoms with Crippen LogP contribution in [0.25, 0.3) is 0 Å². The van der Waals surface area contributed by atoms with Crippen molar-refractivity contribution in [2.75, 3.05) is 13.2 Å². The summed E-state index contributed by atoms with van der Waals surface area (Å²) in [6, 6.07) is 5.00. The molecule has 104 valence electrons. The molecule has 1 atom stereocenters. The van der Waals surface area contributed by atoms with E-state index in [9.17, 15) is 0 Å². The van der Waals surface area contributed by atoms with Gasteiger partial charge in [0.05, 0.1) is 6.61 Å². The van der Waals surface area contributed by atoms with Crippen LogP contribution in [0.1, 0.15) is 54.8 Å². The fourth-order valence-corrected chi connectivity index (χ4v) is 2.88. The third kappa shape index (κ3) is 2.94. The van der Waals surface area contributed by atoms with Gasteiger partial charge in [0.2, 0.25) is 0 Å². The maximum Gasteiger partial charge on any atom is 0.127 e. The predicted octanol–water partition coefficient (Wildman–Crippen LogP) is 3.91. The van der Waals surface area contributed by atoms with Gasteiger partial charge in [0.1, 0.15) is 5.75 Å². The fraction of sp³-hybridized carbons (Fsp3) is 0.647. The Balaban J connectivity index is 1.85. The first kappa shape index (κ1) is 13.0. The van der Waals surface area contributed by atoms with Crippen LogP contribution in [-0.4, -0.2) is 13.2 Å². The second-order valence-electron chi connectivity index (χ2n) is 6.18. The van der Waals surface area contributed by atoms with Gasteiger partial charge in [-0.05, 0) is 63.1 Å². The summed E-state index contributed by atoms with van der Waals surface area (Å²) in [4.78, 5) is 0. The quantitative estimate of drug-likeness (QED) is 0.885. The lowest BCUT2D eigenvalue weighted by Crippen LogP contribution is -2.27. The van der Waals surface area contributed by atoms with Crippen LogP contribution in [0.5, 0.6) is 5.75 Å². The fourth-order valence-electron chi connectivity index (χ4n) is 2.88. The van der Waals surface area contributed by atoms with Gasteiger partial charge in [-0.2, -0.15) is 0 Å². The highest BCUT2D eigenvalue weighted by atomic mass is 16.5. The lowest BCUT2D eigenvalue weighted by Gasteiger charge is -2.27. The van der Waals surface area contributed by atoms with Crippen molar-refractivity contribution in [1.29, 1.82) is 0 Å². The highest BCUT2D eigenvalue weighted by molar-refractivity contribution is 5.47. The van der Waals surface area contributed by atoms with Crippen molar-refractivity contribution in [1.82, 2.24) is 5.32 Å². The third-order valence-electron chi connectivity index (χ3n) is 4.55. The summed E-state index contributed by atoms with van der Waals surface area (Å²) < 4.78 is 6.19. The standard InChI is InChI=1S/C17H25NO/c1-12-6-9-15(16-5-3-4-10-18-16)17(13(12)2)19-11-14-7-8-14/h6,9,14,16,18H,3-5,7-8,10-11H2,1-2H3. The molecule has 0 amide bonds. The maximum absolute atomic E-state index is 6.19. The normalized spacial score (nSPS) is 23.4. The summed E-state index contributed by atoms with van der Waals surface area (Å²) >= 11 is 0. The Morgan fingerprint density at radius 2 is 2.00 bits per heavy atom. The molecule has 2 nitrogen and oxygen atoms in total. The largest absolute Gasteiger partial charge is 0.493 e. The van der Waals surface area contributed by atoms with Crippen LogP contribution in [0.15, 0.2) is 12.1 Å². The second-order valence-corrected chi connectivity index (χ2v) is 6.18. The molecular weight excluding hydrogens is 234 g/mol. The first-order valence-electron chi connectivity index (χ1n) is 7.72. The number of hydrogen-bond acceptors (Lipinski definition) is 2. The molecule has 0 radical (unpaired) electrons. The topological polar surface area (TPSA) is 21.3 Å². The van der Waals surface area contributed by atoms with E-state index in [4.69, 9.17) is 4.74 Å². The van der Waals surface area contributed by atoms with Crippen molar-refractivity contribution >= 4 is 0 Å². The van der Waals surface area contributed by atoms with Crippen molar-refractivity contribution in [3.8, 4) is 5.75 Å². The minimum absolute atomic E-state index is 0.488. The molecule has 0 spiro atoms. The Hall–Kier alpha value is -1.02. The number of piperidine rings is 1. The highest BCUT2D eigenvalue weighted by Crippen LogP contribution is 2.36. The van der Waals surface area contributed by atoms with Crippen molar-refractivity contribution in [3.05, 3.63) is 28.8 Å². The number of aryl methyl sites for hydroxylation is 1. The van der Waals surface area contributed by atoms with E-state index in [0.717, 1.165) is 24.8 Å². The maximum atomic E-state index is 6.19. The Morgan fingerprint density at radius 3 is 2.68 bits per heavy atom. The second kappa shape index (κ2) is 5.54. The van der Waals surface area contributed by atoms with E-state index < -0.39 is 0 Å². The van der Waals surface area contributed by atoms with Crippen LogP contribution in [-0.2, 0) is 0 Å². The molecule has 1 N–H and O–H groups in total. The van der Waals surface area contributed by atoms with Gasteiger partial charge in [-0.25, -0.2) is 0 Å². The summed E-state index contributed by atoms with van der Waals surface area (Å²) in [5, 5.41) is 3.65. The Morgan fingerprint density at radius 1 is 1.16 bits per heavy atom. The Bertz CT molecular complexity index is 445. The van der Waals surface area contributed by atoms with E-state index in [1.54, 1.807) is 0 Å². The van der Waals surface area contributed by atoms with Crippen LogP contribution in [0, 0.1) is 19.8 Å². The number of rotatable bonds is 4.